The molecule has 3 aromatic rings. The van der Waals surface area contributed by atoms with Gasteiger partial charge in [-0.2, -0.15) is 0 Å². The first-order chi connectivity index (χ1) is 13.6. The van der Waals surface area contributed by atoms with E-state index in [-0.39, 0.29) is 17.6 Å². The van der Waals surface area contributed by atoms with E-state index in [1.165, 1.54) is 23.9 Å². The lowest BCUT2D eigenvalue weighted by atomic mass is 10.1. The molecule has 2 N–H and O–H groups in total. The minimum absolute atomic E-state index is 0.185. The van der Waals surface area contributed by atoms with Gasteiger partial charge in [-0.15, -0.1) is 0 Å². The first-order valence-electron chi connectivity index (χ1n) is 8.85. The highest BCUT2D eigenvalue weighted by Gasteiger charge is 2.20. The number of fused-ring (bicyclic) bond motifs is 2. The Morgan fingerprint density at radius 3 is 2.61 bits per heavy atom. The highest BCUT2D eigenvalue weighted by atomic mass is 32.2. The molecule has 0 saturated carbocycles. The molecular weight excluding hydrogens is 375 g/mol. The molecule has 2 amide bonds. The van der Waals surface area contributed by atoms with Gasteiger partial charge in [0.15, 0.2) is 0 Å². The Morgan fingerprint density at radius 1 is 1.00 bits per heavy atom. The zero-order valence-corrected chi connectivity index (χ0v) is 15.7. The number of hydrogen-bond donors (Lipinski definition) is 2. The second kappa shape index (κ2) is 7.86. The molecule has 1 heterocycles. The second-order valence-corrected chi connectivity index (χ2v) is 7.48. The summed E-state index contributed by atoms with van der Waals surface area (Å²) in [7, 11) is 0. The Balaban J connectivity index is 1.45. The molecule has 0 atom stereocenters. The topological polar surface area (TPSA) is 58.2 Å². The molecule has 0 aromatic heterocycles. The molecule has 28 heavy (non-hydrogen) atoms. The summed E-state index contributed by atoms with van der Waals surface area (Å²) in [5.41, 5.74) is 2.67. The normalized spacial score (nSPS) is 12.4. The second-order valence-electron chi connectivity index (χ2n) is 6.40. The van der Waals surface area contributed by atoms with Gasteiger partial charge in [0.1, 0.15) is 5.82 Å². The molecule has 0 bridgehead atoms. The van der Waals surface area contributed by atoms with E-state index in [1.807, 2.05) is 24.3 Å². The third-order valence-electron chi connectivity index (χ3n) is 4.45. The molecule has 6 heteroatoms. The summed E-state index contributed by atoms with van der Waals surface area (Å²) in [5, 5.41) is 5.75. The lowest BCUT2D eigenvalue weighted by molar-refractivity contribution is 0.0952. The quantitative estimate of drug-likeness (QED) is 0.687. The predicted octanol–water partition coefficient (Wildman–Crippen LogP) is 4.52. The molecule has 140 valence electrons. The van der Waals surface area contributed by atoms with Gasteiger partial charge in [0, 0.05) is 21.9 Å². The Bertz CT molecular complexity index is 1050. The molecule has 4 nitrogen and oxygen atoms in total. The molecule has 1 aliphatic heterocycles. The highest BCUT2D eigenvalue weighted by Crippen LogP contribution is 2.38. The first-order valence-corrected chi connectivity index (χ1v) is 9.67. The van der Waals surface area contributed by atoms with Crippen molar-refractivity contribution in [1.29, 1.82) is 0 Å². The number of amides is 2. The molecule has 0 fully saturated rings. The van der Waals surface area contributed by atoms with Crippen LogP contribution in [0.15, 0.2) is 76.5 Å². The van der Waals surface area contributed by atoms with Crippen LogP contribution in [0, 0.1) is 5.82 Å². The lowest BCUT2D eigenvalue weighted by Gasteiger charge is -2.10. The summed E-state index contributed by atoms with van der Waals surface area (Å²) in [6.07, 6.45) is 0.610. The van der Waals surface area contributed by atoms with Crippen molar-refractivity contribution < 1.29 is 14.0 Å². The molecule has 3 aromatic carbocycles. The number of benzene rings is 3. The van der Waals surface area contributed by atoms with Gasteiger partial charge in [-0.25, -0.2) is 4.39 Å². The Morgan fingerprint density at radius 2 is 1.79 bits per heavy atom. The van der Waals surface area contributed by atoms with Gasteiger partial charge in [0.25, 0.3) is 11.8 Å². The first kappa shape index (κ1) is 18.3. The maximum atomic E-state index is 12.9. The summed E-state index contributed by atoms with van der Waals surface area (Å²) in [4.78, 5) is 26.7. The Hall–Kier alpha value is -3.12. The maximum absolute atomic E-state index is 12.9. The summed E-state index contributed by atoms with van der Waals surface area (Å²) in [6, 6.07) is 18.9. The largest absolute Gasteiger partial charge is 0.352 e. The fraction of sp³-hybridized carbons (Fsp3) is 0.0909. The summed E-state index contributed by atoms with van der Waals surface area (Å²) in [5.74, 6) is -0.679. The monoisotopic (exact) mass is 392 g/mol. The number of halogens is 1. The van der Waals surface area contributed by atoms with Crippen LogP contribution >= 0.6 is 11.8 Å². The Labute approximate surface area is 166 Å². The van der Waals surface area contributed by atoms with E-state index in [1.54, 1.807) is 30.3 Å². The fourth-order valence-electron chi connectivity index (χ4n) is 2.98. The standard InChI is InChI=1S/C22H17FN2O2S/c23-16-8-5-14(6-9-16)11-12-24-21(26)15-7-10-20-18(13-15)25-22(27)17-3-1-2-4-19(17)28-20/h1-10,13H,11-12H2,(H,24,26)(H,25,27). The van der Waals surface area contributed by atoms with Crippen molar-refractivity contribution >= 4 is 29.3 Å². The zero-order valence-electron chi connectivity index (χ0n) is 14.9. The minimum atomic E-state index is -0.278. The fourth-order valence-corrected chi connectivity index (χ4v) is 3.99. The average molecular weight is 392 g/mol. The number of carbonyl (C=O) groups excluding carboxylic acids is 2. The van der Waals surface area contributed by atoms with Crippen molar-refractivity contribution in [2.75, 3.05) is 11.9 Å². The van der Waals surface area contributed by atoms with Crippen molar-refractivity contribution in [3.63, 3.8) is 0 Å². The average Bonchev–Trinajstić information content (AvgIpc) is 2.84. The van der Waals surface area contributed by atoms with Crippen LogP contribution in [0.3, 0.4) is 0 Å². The van der Waals surface area contributed by atoms with Gasteiger partial charge in [0.05, 0.1) is 11.3 Å². The third-order valence-corrected chi connectivity index (χ3v) is 5.61. The molecule has 1 aliphatic rings. The van der Waals surface area contributed by atoms with Crippen LogP contribution in [0.1, 0.15) is 26.3 Å². The van der Waals surface area contributed by atoms with E-state index in [0.29, 0.717) is 29.8 Å². The Kier molecular flexibility index (Phi) is 5.12. The summed E-state index contributed by atoms with van der Waals surface area (Å²) < 4.78 is 12.9. The smallest absolute Gasteiger partial charge is 0.256 e. The van der Waals surface area contributed by atoms with Crippen molar-refractivity contribution in [2.45, 2.75) is 16.2 Å². The minimum Gasteiger partial charge on any atom is -0.352 e. The van der Waals surface area contributed by atoms with E-state index in [4.69, 9.17) is 0 Å². The predicted molar refractivity (Wildman–Crippen MR) is 107 cm³/mol. The van der Waals surface area contributed by atoms with Gasteiger partial charge >= 0.3 is 0 Å². The van der Waals surface area contributed by atoms with Gasteiger partial charge in [-0.3, -0.25) is 9.59 Å². The zero-order chi connectivity index (χ0) is 19.5. The number of anilines is 1. The molecule has 4 rings (SSSR count). The number of carbonyl (C=O) groups is 2. The third kappa shape index (κ3) is 3.92. The van der Waals surface area contributed by atoms with Crippen LogP contribution < -0.4 is 10.6 Å². The highest BCUT2D eigenvalue weighted by molar-refractivity contribution is 7.99. The molecule has 0 saturated heterocycles. The molecule has 0 unspecified atom stereocenters. The molecular formula is C22H17FN2O2S. The van der Waals surface area contributed by atoms with E-state index in [0.717, 1.165) is 15.4 Å². The van der Waals surface area contributed by atoms with Crippen molar-refractivity contribution in [2.24, 2.45) is 0 Å². The lowest BCUT2D eigenvalue weighted by Crippen LogP contribution is -2.25. The number of nitrogens with one attached hydrogen (secondary N) is 2. The van der Waals surface area contributed by atoms with Crippen LogP contribution in [0.4, 0.5) is 10.1 Å². The van der Waals surface area contributed by atoms with Crippen molar-refractivity contribution in [3.8, 4) is 0 Å². The van der Waals surface area contributed by atoms with Gasteiger partial charge in [0.2, 0.25) is 0 Å². The number of rotatable bonds is 4. The van der Waals surface area contributed by atoms with Gasteiger partial charge in [-0.05, 0) is 54.4 Å². The van der Waals surface area contributed by atoms with Crippen LogP contribution in [0.2, 0.25) is 0 Å². The van der Waals surface area contributed by atoms with Crippen molar-refractivity contribution in [3.05, 3.63) is 89.2 Å². The van der Waals surface area contributed by atoms with Gasteiger partial charge < -0.3 is 10.6 Å². The van der Waals surface area contributed by atoms with E-state index in [9.17, 15) is 14.0 Å². The molecule has 0 radical (unpaired) electrons. The van der Waals surface area contributed by atoms with Crippen molar-refractivity contribution in [1.82, 2.24) is 5.32 Å². The van der Waals surface area contributed by atoms with Crippen LogP contribution in [0.5, 0.6) is 0 Å². The van der Waals surface area contributed by atoms with Crippen LogP contribution in [-0.4, -0.2) is 18.4 Å². The maximum Gasteiger partial charge on any atom is 0.256 e. The van der Waals surface area contributed by atoms with E-state index in [2.05, 4.69) is 10.6 Å². The molecule has 0 aliphatic carbocycles. The summed E-state index contributed by atoms with van der Waals surface area (Å²) in [6.45, 7) is 0.439. The van der Waals surface area contributed by atoms with E-state index >= 15 is 0 Å². The van der Waals surface area contributed by atoms with Crippen LogP contribution in [0.25, 0.3) is 0 Å². The number of hydrogen-bond acceptors (Lipinski definition) is 3. The van der Waals surface area contributed by atoms with Gasteiger partial charge in [-0.1, -0.05) is 36.0 Å². The van der Waals surface area contributed by atoms with E-state index < -0.39 is 0 Å². The molecule has 0 spiro atoms. The van der Waals surface area contributed by atoms with Crippen LogP contribution in [-0.2, 0) is 6.42 Å². The SMILES string of the molecule is O=C(NCCc1ccc(F)cc1)c1ccc2c(c1)NC(=O)c1ccccc1S2. The summed E-state index contributed by atoms with van der Waals surface area (Å²) >= 11 is 1.50.